The Balaban J connectivity index is 1.98. The van der Waals surface area contributed by atoms with Crippen molar-refractivity contribution in [3.8, 4) is 0 Å². The number of carbonyl (C=O) groups is 3. The zero-order chi connectivity index (χ0) is 22.1. The fourth-order valence-corrected chi connectivity index (χ4v) is 2.79. The van der Waals surface area contributed by atoms with Gasteiger partial charge in [0.2, 0.25) is 5.91 Å². The molecule has 1 heterocycles. The number of amides is 3. The Morgan fingerprint density at radius 3 is 2.34 bits per heavy atom. The van der Waals surface area contributed by atoms with Crippen molar-refractivity contribution in [2.24, 2.45) is 5.92 Å². The van der Waals surface area contributed by atoms with Crippen molar-refractivity contribution < 1.29 is 36.3 Å². The fraction of sp³-hybridized carbons (Fsp3) is 0.471. The van der Waals surface area contributed by atoms with Gasteiger partial charge in [-0.1, -0.05) is 11.6 Å². The molecule has 0 aliphatic carbocycles. The summed E-state index contributed by atoms with van der Waals surface area (Å²) in [6.45, 7) is 1.17. The molecule has 3 amide bonds. The third-order valence-corrected chi connectivity index (χ3v) is 4.70. The predicted octanol–water partition coefficient (Wildman–Crippen LogP) is 2.86. The summed E-state index contributed by atoms with van der Waals surface area (Å²) in [5, 5.41) is 3.41. The van der Waals surface area contributed by atoms with Crippen molar-refractivity contribution in [2.45, 2.75) is 32.0 Å². The molecular weight excluding hydrogens is 425 g/mol. The number of nitrogens with one attached hydrogen (secondary N) is 2. The van der Waals surface area contributed by atoms with Gasteiger partial charge in [0.15, 0.2) is 11.6 Å². The van der Waals surface area contributed by atoms with Gasteiger partial charge in [0, 0.05) is 24.8 Å². The first-order valence-corrected chi connectivity index (χ1v) is 8.74. The van der Waals surface area contributed by atoms with Gasteiger partial charge >= 0.3 is 18.0 Å². The van der Waals surface area contributed by atoms with Gasteiger partial charge in [0.25, 0.3) is 0 Å². The van der Waals surface area contributed by atoms with Crippen LogP contribution in [0.15, 0.2) is 12.1 Å². The van der Waals surface area contributed by atoms with Crippen LogP contribution in [-0.4, -0.2) is 47.4 Å². The minimum Gasteiger partial charge on any atom is -0.334 e. The van der Waals surface area contributed by atoms with Gasteiger partial charge in [-0.3, -0.25) is 14.4 Å². The molecule has 1 aromatic rings. The van der Waals surface area contributed by atoms with E-state index in [-0.39, 0.29) is 25.2 Å². The largest absolute Gasteiger partial charge is 0.410 e. The normalized spacial score (nSPS) is 17.2. The van der Waals surface area contributed by atoms with E-state index in [2.05, 4.69) is 5.32 Å². The standard InChI is InChI=1S/C17H17ClF5N3O3/c1-16(2,17(21,22)23)25-14(28)15(29)26-4-3-8(7-26)13(27)24-9-5-10(18)12(20)11(19)6-9/h5-6,8H,3-4,7H2,1-2H3,(H,24,27)(H,25,28). The molecule has 160 valence electrons. The van der Waals surface area contributed by atoms with Gasteiger partial charge < -0.3 is 15.5 Å². The van der Waals surface area contributed by atoms with Crippen molar-refractivity contribution in [2.75, 3.05) is 18.4 Å². The van der Waals surface area contributed by atoms with Crippen LogP contribution >= 0.6 is 11.6 Å². The molecule has 2 rings (SSSR count). The SMILES string of the molecule is CC(C)(NC(=O)C(=O)N1CCC(C(=O)Nc2cc(F)c(F)c(Cl)c2)C1)C(F)(F)F. The van der Waals surface area contributed by atoms with E-state index in [1.165, 1.54) is 0 Å². The quantitative estimate of drug-likeness (QED) is 0.430. The maximum absolute atomic E-state index is 13.4. The van der Waals surface area contributed by atoms with E-state index in [9.17, 15) is 36.3 Å². The lowest BCUT2D eigenvalue weighted by Gasteiger charge is -2.29. The number of rotatable bonds is 3. The van der Waals surface area contributed by atoms with Gasteiger partial charge in [-0.25, -0.2) is 8.78 Å². The zero-order valence-electron chi connectivity index (χ0n) is 15.3. The first-order valence-electron chi connectivity index (χ1n) is 8.36. The first kappa shape index (κ1) is 22.9. The Hall–Kier alpha value is -2.43. The average molecular weight is 442 g/mol. The van der Waals surface area contributed by atoms with Gasteiger partial charge in [0.05, 0.1) is 10.9 Å². The number of hydrogen-bond acceptors (Lipinski definition) is 3. The molecule has 0 radical (unpaired) electrons. The number of anilines is 1. The lowest BCUT2D eigenvalue weighted by Crippen LogP contribution is -2.57. The fourth-order valence-electron chi connectivity index (χ4n) is 2.58. The van der Waals surface area contributed by atoms with E-state index in [1.54, 1.807) is 5.32 Å². The summed E-state index contributed by atoms with van der Waals surface area (Å²) in [4.78, 5) is 37.2. The van der Waals surface area contributed by atoms with Crippen LogP contribution in [0, 0.1) is 17.6 Å². The third kappa shape index (κ3) is 5.14. The molecule has 1 aliphatic heterocycles. The van der Waals surface area contributed by atoms with Crippen molar-refractivity contribution in [3.63, 3.8) is 0 Å². The van der Waals surface area contributed by atoms with Crippen LogP contribution < -0.4 is 10.6 Å². The van der Waals surface area contributed by atoms with Crippen molar-refractivity contribution in [3.05, 3.63) is 28.8 Å². The van der Waals surface area contributed by atoms with E-state index in [0.29, 0.717) is 13.8 Å². The van der Waals surface area contributed by atoms with Crippen LogP contribution in [0.5, 0.6) is 0 Å². The molecule has 29 heavy (non-hydrogen) atoms. The van der Waals surface area contributed by atoms with Gasteiger partial charge in [-0.15, -0.1) is 0 Å². The smallest absolute Gasteiger partial charge is 0.334 e. The highest BCUT2D eigenvalue weighted by molar-refractivity contribution is 6.35. The van der Waals surface area contributed by atoms with Gasteiger partial charge in [0.1, 0.15) is 5.54 Å². The van der Waals surface area contributed by atoms with Crippen LogP contribution in [0.3, 0.4) is 0 Å². The number of carbonyl (C=O) groups excluding carboxylic acids is 3. The lowest BCUT2D eigenvalue weighted by atomic mass is 10.1. The monoisotopic (exact) mass is 441 g/mol. The maximum atomic E-state index is 13.4. The Morgan fingerprint density at radius 2 is 1.79 bits per heavy atom. The van der Waals surface area contributed by atoms with Gasteiger partial charge in [-0.05, 0) is 26.3 Å². The minimum atomic E-state index is -4.76. The Kier molecular flexibility index (Phi) is 6.41. The number of benzene rings is 1. The Bertz CT molecular complexity index is 821. The lowest BCUT2D eigenvalue weighted by molar-refractivity contribution is -0.189. The highest BCUT2D eigenvalue weighted by Gasteiger charge is 2.49. The summed E-state index contributed by atoms with van der Waals surface area (Å²) >= 11 is 5.50. The number of likely N-dealkylation sites (tertiary alicyclic amines) is 1. The second kappa shape index (κ2) is 8.13. The Morgan fingerprint density at radius 1 is 1.17 bits per heavy atom. The number of alkyl halides is 3. The second-order valence-electron chi connectivity index (χ2n) is 7.06. The summed E-state index contributed by atoms with van der Waals surface area (Å²) in [5.74, 6) is -6.61. The molecule has 12 heteroatoms. The summed E-state index contributed by atoms with van der Waals surface area (Å²) in [6.07, 6.45) is -4.63. The van der Waals surface area contributed by atoms with E-state index in [0.717, 1.165) is 17.0 Å². The van der Waals surface area contributed by atoms with Crippen LogP contribution in [0.25, 0.3) is 0 Å². The van der Waals surface area contributed by atoms with Crippen molar-refractivity contribution in [1.29, 1.82) is 0 Å². The molecule has 1 aliphatic rings. The summed E-state index contributed by atoms with van der Waals surface area (Å²) < 4.78 is 65.1. The first-order chi connectivity index (χ1) is 13.2. The van der Waals surface area contributed by atoms with Crippen LogP contribution in [0.2, 0.25) is 5.02 Å². The van der Waals surface area contributed by atoms with Crippen LogP contribution in [-0.2, 0) is 14.4 Å². The molecule has 0 spiro atoms. The zero-order valence-corrected chi connectivity index (χ0v) is 16.0. The molecule has 1 aromatic carbocycles. The molecule has 1 fully saturated rings. The average Bonchev–Trinajstić information content (AvgIpc) is 3.07. The third-order valence-electron chi connectivity index (χ3n) is 4.43. The highest BCUT2D eigenvalue weighted by Crippen LogP contribution is 2.29. The van der Waals surface area contributed by atoms with E-state index in [1.807, 2.05) is 0 Å². The second-order valence-corrected chi connectivity index (χ2v) is 7.46. The molecular formula is C17H17ClF5N3O3. The van der Waals surface area contributed by atoms with Crippen molar-refractivity contribution >= 4 is 35.0 Å². The molecule has 0 bridgehead atoms. The van der Waals surface area contributed by atoms with E-state index < -0.39 is 52.0 Å². The minimum absolute atomic E-state index is 0.0324. The number of halogens is 6. The number of hydrogen-bond donors (Lipinski definition) is 2. The van der Waals surface area contributed by atoms with Crippen LogP contribution in [0.4, 0.5) is 27.6 Å². The highest BCUT2D eigenvalue weighted by atomic mass is 35.5. The van der Waals surface area contributed by atoms with Crippen molar-refractivity contribution in [1.82, 2.24) is 10.2 Å². The topological polar surface area (TPSA) is 78.5 Å². The molecule has 0 saturated carbocycles. The molecule has 1 unspecified atom stereocenters. The summed E-state index contributed by atoms with van der Waals surface area (Å²) in [5.41, 5.74) is -2.71. The predicted molar refractivity (Wildman–Crippen MR) is 93.0 cm³/mol. The molecule has 1 atom stereocenters. The summed E-state index contributed by atoms with van der Waals surface area (Å²) in [7, 11) is 0. The van der Waals surface area contributed by atoms with Gasteiger partial charge in [-0.2, -0.15) is 13.2 Å². The summed E-state index contributed by atoms with van der Waals surface area (Å²) in [6, 6.07) is 1.73. The van der Waals surface area contributed by atoms with E-state index in [4.69, 9.17) is 11.6 Å². The molecule has 1 saturated heterocycles. The van der Waals surface area contributed by atoms with Crippen LogP contribution in [0.1, 0.15) is 20.3 Å². The van der Waals surface area contributed by atoms with E-state index >= 15 is 0 Å². The molecule has 2 N–H and O–H groups in total. The molecule has 0 aromatic heterocycles. The number of nitrogens with zero attached hydrogens (tertiary/aromatic N) is 1. The maximum Gasteiger partial charge on any atom is 0.410 e. The molecule has 6 nitrogen and oxygen atoms in total. The Labute approximate surface area is 167 Å².